The maximum absolute atomic E-state index is 12.7. The number of esters is 1. The standard InChI is InChI=1S/C54H90NO7P/c1-6-8-10-12-14-16-18-20-22-24-25-26-27-28-29-30-32-34-36-38-40-42-44-46-49-59-51-53(52-61-63(57,58)60-50-48-55(3,4)5)62-54(56)47-45-43-41-39-37-35-33-31-23-21-19-17-15-13-11-9-7-2/h8-11,14-17,20-23,25-26,28-29,33,35,39,41,53H,6-7,12-13,18-19,24,27,30-32,34,36-38,40,42-52H2,1-5H3/p+1/b10-8-,11-9-,16-14-,17-15-,22-20-,23-21-,26-25-,29-28-,35-33-,41-39-. The van der Waals surface area contributed by atoms with Gasteiger partial charge >= 0.3 is 13.8 Å². The third kappa shape index (κ3) is 49.8. The smallest absolute Gasteiger partial charge is 0.457 e. The topological polar surface area (TPSA) is 91.3 Å². The molecule has 0 bridgehead atoms. The number of carbonyl (C=O) groups excluding carboxylic acids is 1. The van der Waals surface area contributed by atoms with Crippen LogP contribution in [0.4, 0.5) is 0 Å². The van der Waals surface area contributed by atoms with E-state index < -0.39 is 13.9 Å². The molecule has 0 aliphatic rings. The number of carbonyl (C=O) groups is 1. The van der Waals surface area contributed by atoms with Gasteiger partial charge in [0.05, 0.1) is 34.4 Å². The van der Waals surface area contributed by atoms with Crippen molar-refractivity contribution < 1.29 is 37.3 Å². The highest BCUT2D eigenvalue weighted by Crippen LogP contribution is 2.43. The minimum atomic E-state index is -4.31. The second-order valence-corrected chi connectivity index (χ2v) is 18.2. The van der Waals surface area contributed by atoms with Crippen LogP contribution in [0.15, 0.2) is 122 Å². The van der Waals surface area contributed by atoms with E-state index in [0.29, 0.717) is 24.1 Å². The predicted molar refractivity (Wildman–Crippen MR) is 270 cm³/mol. The SMILES string of the molecule is CC/C=C\C/C=C\C/C=C\C/C=C\C/C=C\CCCCCCCCCCOCC(COP(=O)(O)OCC[N+](C)(C)C)OC(=O)CCC/C=C\C/C=C\C/C=C\C/C=C\C/C=C\CC. The molecule has 0 aromatic heterocycles. The summed E-state index contributed by atoms with van der Waals surface area (Å²) in [5, 5.41) is 0. The van der Waals surface area contributed by atoms with Crippen molar-refractivity contribution in [3.8, 4) is 0 Å². The lowest BCUT2D eigenvalue weighted by Crippen LogP contribution is -2.37. The highest BCUT2D eigenvalue weighted by Gasteiger charge is 2.26. The lowest BCUT2D eigenvalue weighted by atomic mass is 10.1. The van der Waals surface area contributed by atoms with Gasteiger partial charge in [0, 0.05) is 13.0 Å². The van der Waals surface area contributed by atoms with Gasteiger partial charge in [0.1, 0.15) is 19.3 Å². The number of ether oxygens (including phenoxy) is 2. The van der Waals surface area contributed by atoms with E-state index in [9.17, 15) is 14.3 Å². The Morgan fingerprint density at radius 3 is 1.30 bits per heavy atom. The average molecular weight is 897 g/mol. The van der Waals surface area contributed by atoms with Crippen LogP contribution in [0.3, 0.4) is 0 Å². The number of nitrogens with zero attached hydrogens (tertiary/aromatic N) is 1. The maximum atomic E-state index is 12.7. The molecule has 0 heterocycles. The maximum Gasteiger partial charge on any atom is 0.472 e. The van der Waals surface area contributed by atoms with Crippen molar-refractivity contribution in [2.75, 3.05) is 54.1 Å². The van der Waals surface area contributed by atoms with Crippen molar-refractivity contribution in [1.29, 1.82) is 0 Å². The normalized spacial score (nSPS) is 14.7. The molecule has 0 saturated carbocycles. The van der Waals surface area contributed by atoms with Crippen LogP contribution in [0.2, 0.25) is 0 Å². The zero-order chi connectivity index (χ0) is 46.2. The van der Waals surface area contributed by atoms with Crippen molar-refractivity contribution >= 4 is 13.8 Å². The van der Waals surface area contributed by atoms with E-state index in [1.165, 1.54) is 32.1 Å². The Balaban J connectivity index is 4.29. The minimum absolute atomic E-state index is 0.0686. The van der Waals surface area contributed by atoms with Crippen LogP contribution >= 0.6 is 7.82 Å². The van der Waals surface area contributed by atoms with Crippen LogP contribution in [0.25, 0.3) is 0 Å². The molecule has 0 saturated heterocycles. The van der Waals surface area contributed by atoms with Crippen LogP contribution in [0.1, 0.15) is 155 Å². The molecule has 2 atom stereocenters. The van der Waals surface area contributed by atoms with Gasteiger partial charge < -0.3 is 18.9 Å². The molecule has 0 aromatic carbocycles. The van der Waals surface area contributed by atoms with Crippen LogP contribution in [-0.2, 0) is 27.9 Å². The van der Waals surface area contributed by atoms with Gasteiger partial charge in [0.2, 0.25) is 0 Å². The van der Waals surface area contributed by atoms with Crippen molar-refractivity contribution in [2.24, 2.45) is 0 Å². The average Bonchev–Trinajstić information content (AvgIpc) is 3.24. The first-order chi connectivity index (χ1) is 30.6. The highest BCUT2D eigenvalue weighted by molar-refractivity contribution is 7.47. The van der Waals surface area contributed by atoms with Crippen LogP contribution < -0.4 is 0 Å². The molecule has 8 nitrogen and oxygen atoms in total. The summed E-state index contributed by atoms with van der Waals surface area (Å²) in [5.74, 6) is -0.379. The number of phosphoric acid groups is 1. The van der Waals surface area contributed by atoms with Crippen LogP contribution in [0.5, 0.6) is 0 Å². The molecule has 1 N–H and O–H groups in total. The molecular weight excluding hydrogens is 806 g/mol. The van der Waals surface area contributed by atoms with Gasteiger partial charge in [-0.3, -0.25) is 13.8 Å². The summed E-state index contributed by atoms with van der Waals surface area (Å²) >= 11 is 0. The Morgan fingerprint density at radius 1 is 0.492 bits per heavy atom. The van der Waals surface area contributed by atoms with Crippen molar-refractivity contribution in [3.05, 3.63) is 122 Å². The van der Waals surface area contributed by atoms with Crippen molar-refractivity contribution in [2.45, 2.75) is 161 Å². The fourth-order valence-electron chi connectivity index (χ4n) is 5.85. The fourth-order valence-corrected chi connectivity index (χ4v) is 6.59. The lowest BCUT2D eigenvalue weighted by Gasteiger charge is -2.24. The Kier molecular flexibility index (Phi) is 43.2. The van der Waals surface area contributed by atoms with Gasteiger partial charge in [0.25, 0.3) is 0 Å². The molecule has 0 aliphatic heterocycles. The van der Waals surface area contributed by atoms with Gasteiger partial charge in [-0.2, -0.15) is 0 Å². The molecular formula is C54H91NO7P+. The molecule has 9 heteroatoms. The van der Waals surface area contributed by atoms with E-state index in [1.807, 2.05) is 21.1 Å². The zero-order valence-corrected chi connectivity index (χ0v) is 41.4. The summed E-state index contributed by atoms with van der Waals surface area (Å²) in [6.45, 7) is 5.26. The molecule has 0 spiro atoms. The fraction of sp³-hybridized carbons (Fsp3) is 0.611. The summed E-state index contributed by atoms with van der Waals surface area (Å²) < 4.78 is 35.0. The first-order valence-electron chi connectivity index (χ1n) is 24.3. The number of rotatable bonds is 43. The molecule has 63 heavy (non-hydrogen) atoms. The summed E-state index contributed by atoms with van der Waals surface area (Å²) in [6.07, 6.45) is 65.4. The van der Waals surface area contributed by atoms with Crippen LogP contribution in [-0.4, -0.2) is 75.6 Å². The third-order valence-electron chi connectivity index (χ3n) is 9.52. The van der Waals surface area contributed by atoms with Crippen molar-refractivity contribution in [3.63, 3.8) is 0 Å². The summed E-state index contributed by atoms with van der Waals surface area (Å²) in [4.78, 5) is 22.9. The van der Waals surface area contributed by atoms with Crippen LogP contribution in [0, 0.1) is 0 Å². The summed E-state index contributed by atoms with van der Waals surface area (Å²) in [6, 6.07) is 0. The first-order valence-corrected chi connectivity index (χ1v) is 25.8. The van der Waals surface area contributed by atoms with Gasteiger partial charge in [-0.25, -0.2) is 4.57 Å². The first kappa shape index (κ1) is 59.9. The van der Waals surface area contributed by atoms with Gasteiger partial charge in [-0.15, -0.1) is 0 Å². The number of allylic oxidation sites excluding steroid dienone is 20. The van der Waals surface area contributed by atoms with E-state index >= 15 is 0 Å². The summed E-state index contributed by atoms with van der Waals surface area (Å²) in [5.41, 5.74) is 0. The number of unbranched alkanes of at least 4 members (excludes halogenated alkanes) is 9. The number of quaternary nitrogens is 1. The number of phosphoric ester groups is 1. The molecule has 0 radical (unpaired) electrons. The number of hydrogen-bond acceptors (Lipinski definition) is 6. The molecule has 0 aromatic rings. The van der Waals surface area contributed by atoms with Gasteiger partial charge in [0.15, 0.2) is 0 Å². The van der Waals surface area contributed by atoms with E-state index in [-0.39, 0.29) is 32.2 Å². The Hall–Kier alpha value is -3.10. The molecule has 0 aliphatic carbocycles. The van der Waals surface area contributed by atoms with Gasteiger partial charge in [-0.05, 0) is 96.3 Å². The van der Waals surface area contributed by atoms with Gasteiger partial charge in [-0.1, -0.05) is 174 Å². The quantitative estimate of drug-likeness (QED) is 0.0214. The zero-order valence-electron chi connectivity index (χ0n) is 40.5. The second-order valence-electron chi connectivity index (χ2n) is 16.7. The monoisotopic (exact) mass is 897 g/mol. The van der Waals surface area contributed by atoms with E-state index in [1.54, 1.807) is 0 Å². The molecule has 0 rings (SSSR count). The van der Waals surface area contributed by atoms with E-state index in [2.05, 4.69) is 135 Å². The molecule has 358 valence electrons. The highest BCUT2D eigenvalue weighted by atomic mass is 31.2. The largest absolute Gasteiger partial charge is 0.472 e. The Morgan fingerprint density at radius 2 is 0.873 bits per heavy atom. The second kappa shape index (κ2) is 45.5. The minimum Gasteiger partial charge on any atom is -0.457 e. The number of hydrogen-bond donors (Lipinski definition) is 1. The molecule has 0 amide bonds. The van der Waals surface area contributed by atoms with E-state index in [4.69, 9.17) is 18.5 Å². The van der Waals surface area contributed by atoms with Crippen molar-refractivity contribution in [1.82, 2.24) is 0 Å². The summed E-state index contributed by atoms with van der Waals surface area (Å²) in [7, 11) is 1.60. The Bertz CT molecular complexity index is 1410. The lowest BCUT2D eigenvalue weighted by molar-refractivity contribution is -0.870. The number of likely N-dealkylation sites (N-methyl/N-ethyl adjacent to an activating group) is 1. The molecule has 2 unspecified atom stereocenters. The third-order valence-corrected chi connectivity index (χ3v) is 10.5. The Labute approximate surface area is 386 Å². The predicted octanol–water partition coefficient (Wildman–Crippen LogP) is 14.9. The van der Waals surface area contributed by atoms with E-state index in [0.717, 1.165) is 96.3 Å². The molecule has 0 fully saturated rings.